The van der Waals surface area contributed by atoms with Gasteiger partial charge >= 0.3 is 0 Å². The monoisotopic (exact) mass is 251 g/mol. The number of benzene rings is 2. The van der Waals surface area contributed by atoms with Crippen molar-refractivity contribution >= 4 is 17.5 Å². The highest BCUT2D eigenvalue weighted by molar-refractivity contribution is 6.07. The van der Waals surface area contributed by atoms with E-state index in [-0.39, 0.29) is 5.78 Å². The minimum Gasteiger partial charge on any atom is -0.378 e. The maximum Gasteiger partial charge on any atom is 0.185 e. The summed E-state index contributed by atoms with van der Waals surface area (Å²) in [4.78, 5) is 14.1. The topological polar surface area (TPSA) is 20.3 Å². The second-order valence-electron chi connectivity index (χ2n) is 4.55. The molecule has 0 amide bonds. The fourth-order valence-corrected chi connectivity index (χ4v) is 1.77. The predicted molar refractivity (Wildman–Crippen MR) is 80.6 cm³/mol. The SMILES string of the molecule is CN(C)c1cccc(C(=O)/C=C/c2ccccc2)c1. The van der Waals surface area contributed by atoms with Crippen LogP contribution in [0.4, 0.5) is 5.69 Å². The summed E-state index contributed by atoms with van der Waals surface area (Å²) in [5.74, 6) is 0.0209. The molecule has 0 aromatic heterocycles. The van der Waals surface area contributed by atoms with Crippen molar-refractivity contribution in [2.45, 2.75) is 0 Å². The van der Waals surface area contributed by atoms with Gasteiger partial charge < -0.3 is 4.90 Å². The molecule has 0 bridgehead atoms. The van der Waals surface area contributed by atoms with E-state index >= 15 is 0 Å². The lowest BCUT2D eigenvalue weighted by Crippen LogP contribution is -2.09. The highest BCUT2D eigenvalue weighted by Crippen LogP contribution is 2.14. The lowest BCUT2D eigenvalue weighted by Gasteiger charge is -2.12. The molecule has 0 heterocycles. The smallest absolute Gasteiger partial charge is 0.185 e. The van der Waals surface area contributed by atoms with Crippen molar-refractivity contribution in [2.24, 2.45) is 0 Å². The van der Waals surface area contributed by atoms with Gasteiger partial charge in [-0.05, 0) is 23.8 Å². The molecule has 2 heteroatoms. The Labute approximate surface area is 114 Å². The molecule has 0 aliphatic rings. The summed E-state index contributed by atoms with van der Waals surface area (Å²) in [5, 5.41) is 0. The third kappa shape index (κ3) is 3.55. The first-order valence-corrected chi connectivity index (χ1v) is 6.21. The number of carbonyl (C=O) groups is 1. The molecule has 2 aromatic rings. The van der Waals surface area contributed by atoms with Gasteiger partial charge in [0.15, 0.2) is 5.78 Å². The first-order chi connectivity index (χ1) is 9.16. The molecule has 0 atom stereocenters. The van der Waals surface area contributed by atoms with Crippen LogP contribution in [-0.2, 0) is 0 Å². The molecule has 0 radical (unpaired) electrons. The molecule has 0 spiro atoms. The number of anilines is 1. The summed E-state index contributed by atoms with van der Waals surface area (Å²) in [7, 11) is 3.92. The normalized spacial score (nSPS) is 10.6. The zero-order chi connectivity index (χ0) is 13.7. The highest BCUT2D eigenvalue weighted by Gasteiger charge is 2.03. The van der Waals surface area contributed by atoms with Crippen LogP contribution >= 0.6 is 0 Å². The number of nitrogens with zero attached hydrogens (tertiary/aromatic N) is 1. The van der Waals surface area contributed by atoms with Gasteiger partial charge in [0.05, 0.1) is 0 Å². The van der Waals surface area contributed by atoms with Crippen LogP contribution in [0.5, 0.6) is 0 Å². The molecule has 0 unspecified atom stereocenters. The Bertz CT molecular complexity index is 585. The van der Waals surface area contributed by atoms with Crippen LogP contribution in [0, 0.1) is 0 Å². The Morgan fingerprint density at radius 3 is 2.42 bits per heavy atom. The molecule has 0 saturated heterocycles. The van der Waals surface area contributed by atoms with Gasteiger partial charge in [-0.2, -0.15) is 0 Å². The number of hydrogen-bond donors (Lipinski definition) is 0. The van der Waals surface area contributed by atoms with Gasteiger partial charge in [0.2, 0.25) is 0 Å². The van der Waals surface area contributed by atoms with Crippen molar-refractivity contribution in [3.63, 3.8) is 0 Å². The van der Waals surface area contributed by atoms with Gasteiger partial charge in [0.25, 0.3) is 0 Å². The van der Waals surface area contributed by atoms with Crippen LogP contribution in [0.25, 0.3) is 6.08 Å². The highest BCUT2D eigenvalue weighted by atomic mass is 16.1. The average Bonchev–Trinajstić information content (AvgIpc) is 2.46. The summed E-state index contributed by atoms with van der Waals surface area (Å²) < 4.78 is 0. The van der Waals surface area contributed by atoms with Gasteiger partial charge in [-0.3, -0.25) is 4.79 Å². The first kappa shape index (κ1) is 13.1. The van der Waals surface area contributed by atoms with Gasteiger partial charge in [-0.1, -0.05) is 48.5 Å². The molecular formula is C17H17NO. The van der Waals surface area contributed by atoms with Crippen molar-refractivity contribution in [2.75, 3.05) is 19.0 Å². The third-order valence-corrected chi connectivity index (χ3v) is 2.87. The van der Waals surface area contributed by atoms with E-state index in [2.05, 4.69) is 0 Å². The van der Waals surface area contributed by atoms with Crippen LogP contribution in [0.2, 0.25) is 0 Å². The van der Waals surface area contributed by atoms with Crippen molar-refractivity contribution in [1.29, 1.82) is 0 Å². The number of allylic oxidation sites excluding steroid dienone is 1. The van der Waals surface area contributed by atoms with E-state index in [0.29, 0.717) is 5.56 Å². The van der Waals surface area contributed by atoms with E-state index in [1.54, 1.807) is 6.08 Å². The van der Waals surface area contributed by atoms with E-state index in [1.807, 2.05) is 79.7 Å². The summed E-state index contributed by atoms with van der Waals surface area (Å²) in [5.41, 5.74) is 2.76. The molecule has 96 valence electrons. The van der Waals surface area contributed by atoms with E-state index in [0.717, 1.165) is 11.3 Å². The number of rotatable bonds is 4. The van der Waals surface area contributed by atoms with E-state index in [4.69, 9.17) is 0 Å². The van der Waals surface area contributed by atoms with E-state index < -0.39 is 0 Å². The zero-order valence-electron chi connectivity index (χ0n) is 11.2. The predicted octanol–water partition coefficient (Wildman–Crippen LogP) is 3.65. The maximum atomic E-state index is 12.1. The molecule has 0 aliphatic carbocycles. The van der Waals surface area contributed by atoms with Crippen molar-refractivity contribution in [1.82, 2.24) is 0 Å². The van der Waals surface area contributed by atoms with Gasteiger partial charge in [0, 0.05) is 25.3 Å². The molecule has 0 fully saturated rings. The van der Waals surface area contributed by atoms with Crippen molar-refractivity contribution in [3.05, 3.63) is 71.8 Å². The zero-order valence-corrected chi connectivity index (χ0v) is 11.2. The van der Waals surface area contributed by atoms with Crippen LogP contribution in [-0.4, -0.2) is 19.9 Å². The number of hydrogen-bond acceptors (Lipinski definition) is 2. The van der Waals surface area contributed by atoms with Gasteiger partial charge in [0.1, 0.15) is 0 Å². The minimum absolute atomic E-state index is 0.0209. The van der Waals surface area contributed by atoms with Crippen LogP contribution in [0.15, 0.2) is 60.7 Å². The second kappa shape index (κ2) is 6.01. The summed E-state index contributed by atoms with van der Waals surface area (Å²) in [6.45, 7) is 0. The molecule has 19 heavy (non-hydrogen) atoms. The molecule has 2 aromatic carbocycles. The Kier molecular flexibility index (Phi) is 4.14. The third-order valence-electron chi connectivity index (χ3n) is 2.87. The quantitative estimate of drug-likeness (QED) is 0.610. The number of carbonyl (C=O) groups excluding carboxylic acids is 1. The van der Waals surface area contributed by atoms with Crippen molar-refractivity contribution in [3.8, 4) is 0 Å². The lowest BCUT2D eigenvalue weighted by molar-refractivity contribution is 0.104. The van der Waals surface area contributed by atoms with Crippen LogP contribution in [0.1, 0.15) is 15.9 Å². The molecule has 2 rings (SSSR count). The van der Waals surface area contributed by atoms with E-state index in [9.17, 15) is 4.79 Å². The maximum absolute atomic E-state index is 12.1. The largest absolute Gasteiger partial charge is 0.378 e. The number of ketones is 1. The molecule has 2 nitrogen and oxygen atoms in total. The first-order valence-electron chi connectivity index (χ1n) is 6.21. The summed E-state index contributed by atoms with van der Waals surface area (Å²) >= 11 is 0. The Morgan fingerprint density at radius 2 is 1.74 bits per heavy atom. The Balaban J connectivity index is 2.16. The van der Waals surface area contributed by atoms with Gasteiger partial charge in [-0.15, -0.1) is 0 Å². The molecule has 0 aliphatic heterocycles. The van der Waals surface area contributed by atoms with Gasteiger partial charge in [-0.25, -0.2) is 0 Å². The molecule has 0 saturated carbocycles. The van der Waals surface area contributed by atoms with Crippen LogP contribution < -0.4 is 4.90 Å². The Hall–Kier alpha value is -2.35. The summed E-state index contributed by atoms with van der Waals surface area (Å²) in [6, 6.07) is 17.4. The molecule has 0 N–H and O–H groups in total. The standard InChI is InChI=1S/C17H17NO/c1-18(2)16-10-6-9-15(13-16)17(19)12-11-14-7-4-3-5-8-14/h3-13H,1-2H3/b12-11+. The van der Waals surface area contributed by atoms with Crippen molar-refractivity contribution < 1.29 is 4.79 Å². The Morgan fingerprint density at radius 1 is 1.00 bits per heavy atom. The summed E-state index contributed by atoms with van der Waals surface area (Å²) in [6.07, 6.45) is 3.45. The fourth-order valence-electron chi connectivity index (χ4n) is 1.77. The average molecular weight is 251 g/mol. The fraction of sp³-hybridized carbons (Fsp3) is 0.118. The minimum atomic E-state index is 0.0209. The lowest BCUT2D eigenvalue weighted by atomic mass is 10.1. The second-order valence-corrected chi connectivity index (χ2v) is 4.55. The van der Waals surface area contributed by atoms with Crippen LogP contribution in [0.3, 0.4) is 0 Å². The van der Waals surface area contributed by atoms with E-state index in [1.165, 1.54) is 0 Å². The molecular weight excluding hydrogens is 234 g/mol.